The fraction of sp³-hybridized carbons (Fsp3) is 0.750. The van der Waals surface area contributed by atoms with Gasteiger partial charge in [0, 0.05) is 26.6 Å². The number of imide groups is 1. The van der Waals surface area contributed by atoms with Gasteiger partial charge in [-0.05, 0) is 6.42 Å². The third-order valence-corrected chi connectivity index (χ3v) is 1.72. The predicted octanol–water partition coefficient (Wildman–Crippen LogP) is 0.103. The minimum atomic E-state index is -0.248. The van der Waals surface area contributed by atoms with Gasteiger partial charge in [-0.1, -0.05) is 0 Å². The van der Waals surface area contributed by atoms with Gasteiger partial charge in [0.2, 0.25) is 0 Å². The molecule has 0 aromatic carbocycles. The molecule has 74 valence electrons. The van der Waals surface area contributed by atoms with Gasteiger partial charge in [0.05, 0.1) is 6.61 Å². The number of ether oxygens (including phenoxy) is 1. The van der Waals surface area contributed by atoms with Crippen molar-refractivity contribution in [3.8, 4) is 0 Å². The predicted molar refractivity (Wildman–Crippen MR) is 43.5 cm³/mol. The maximum Gasteiger partial charge on any atom is 0.253 e. The molecule has 0 aromatic rings. The molecule has 0 saturated carbocycles. The second kappa shape index (κ2) is 4.94. The fourth-order valence-electron chi connectivity index (χ4n) is 1.06. The largest absolute Gasteiger partial charge is 0.385 e. The highest BCUT2D eigenvalue weighted by Crippen LogP contribution is 2.11. The molecule has 5 nitrogen and oxygen atoms in total. The zero-order chi connectivity index (χ0) is 9.68. The van der Waals surface area contributed by atoms with Gasteiger partial charge in [0.15, 0.2) is 0 Å². The monoisotopic (exact) mass is 187 g/mol. The fourth-order valence-corrected chi connectivity index (χ4v) is 1.06. The Labute approximate surface area is 76.6 Å². The molecule has 0 N–H and O–H groups in total. The first kappa shape index (κ1) is 10.1. The summed E-state index contributed by atoms with van der Waals surface area (Å²) in [6.45, 7) is 0.904. The standard InChI is InChI=1S/C8H13NO4/c1-12-5-2-6-13-9-7(10)3-4-8(9)11/h2-6H2,1H3. The number of nitrogens with zero attached hydrogens (tertiary/aromatic N) is 1. The normalized spacial score (nSPS) is 17.2. The summed E-state index contributed by atoms with van der Waals surface area (Å²) in [6.07, 6.45) is 1.21. The zero-order valence-corrected chi connectivity index (χ0v) is 7.62. The summed E-state index contributed by atoms with van der Waals surface area (Å²) < 4.78 is 4.79. The number of hydrogen-bond acceptors (Lipinski definition) is 4. The van der Waals surface area contributed by atoms with Gasteiger partial charge in [-0.25, -0.2) is 0 Å². The lowest BCUT2D eigenvalue weighted by molar-refractivity contribution is -0.188. The maximum atomic E-state index is 11.0. The van der Waals surface area contributed by atoms with E-state index in [9.17, 15) is 9.59 Å². The highest BCUT2D eigenvalue weighted by molar-refractivity contribution is 6.00. The lowest BCUT2D eigenvalue weighted by Crippen LogP contribution is -2.29. The Kier molecular flexibility index (Phi) is 3.85. The van der Waals surface area contributed by atoms with E-state index in [2.05, 4.69) is 0 Å². The molecule has 0 unspecified atom stereocenters. The first-order valence-electron chi connectivity index (χ1n) is 4.23. The van der Waals surface area contributed by atoms with Gasteiger partial charge in [0.1, 0.15) is 0 Å². The second-order valence-corrected chi connectivity index (χ2v) is 2.76. The Balaban J connectivity index is 2.20. The van der Waals surface area contributed by atoms with Gasteiger partial charge in [-0.3, -0.25) is 14.4 Å². The Morgan fingerprint density at radius 1 is 1.23 bits per heavy atom. The molecular formula is C8H13NO4. The van der Waals surface area contributed by atoms with E-state index in [1.165, 1.54) is 0 Å². The van der Waals surface area contributed by atoms with Crippen molar-refractivity contribution in [3.05, 3.63) is 0 Å². The van der Waals surface area contributed by atoms with Gasteiger partial charge in [0.25, 0.3) is 11.8 Å². The Morgan fingerprint density at radius 2 is 1.85 bits per heavy atom. The first-order valence-corrected chi connectivity index (χ1v) is 4.23. The van der Waals surface area contributed by atoms with Crippen LogP contribution < -0.4 is 0 Å². The summed E-state index contributed by atoms with van der Waals surface area (Å²) in [5, 5.41) is 0.857. The third-order valence-electron chi connectivity index (χ3n) is 1.72. The van der Waals surface area contributed by atoms with Gasteiger partial charge in [-0.15, -0.1) is 0 Å². The molecule has 1 aliphatic rings. The molecule has 1 rings (SSSR count). The van der Waals surface area contributed by atoms with E-state index >= 15 is 0 Å². The molecule has 0 atom stereocenters. The number of hydrogen-bond donors (Lipinski definition) is 0. The topological polar surface area (TPSA) is 55.8 Å². The minimum absolute atomic E-state index is 0.248. The Hall–Kier alpha value is -0.940. The molecular weight excluding hydrogens is 174 g/mol. The SMILES string of the molecule is COCCCON1C(=O)CCC1=O. The van der Waals surface area contributed by atoms with Crippen LogP contribution in [-0.2, 0) is 19.2 Å². The molecule has 0 radical (unpaired) electrons. The van der Waals surface area contributed by atoms with Gasteiger partial charge in [-0.2, -0.15) is 5.06 Å². The van der Waals surface area contributed by atoms with Crippen LogP contribution >= 0.6 is 0 Å². The molecule has 0 bridgehead atoms. The summed E-state index contributed by atoms with van der Waals surface area (Å²) in [5.41, 5.74) is 0. The second-order valence-electron chi connectivity index (χ2n) is 2.76. The summed E-state index contributed by atoms with van der Waals surface area (Å²) in [7, 11) is 1.59. The number of carbonyl (C=O) groups is 2. The van der Waals surface area contributed by atoms with Crippen LogP contribution in [0, 0.1) is 0 Å². The lowest BCUT2D eigenvalue weighted by Gasteiger charge is -2.12. The smallest absolute Gasteiger partial charge is 0.253 e. The molecule has 2 amide bonds. The van der Waals surface area contributed by atoms with Gasteiger partial charge >= 0.3 is 0 Å². The Bertz CT molecular complexity index is 188. The van der Waals surface area contributed by atoms with Crippen LogP contribution in [0.3, 0.4) is 0 Å². The average Bonchev–Trinajstić information content (AvgIpc) is 2.42. The van der Waals surface area contributed by atoms with Crippen molar-refractivity contribution in [1.82, 2.24) is 5.06 Å². The highest BCUT2D eigenvalue weighted by Gasteiger charge is 2.29. The van der Waals surface area contributed by atoms with E-state index in [0.29, 0.717) is 19.6 Å². The van der Waals surface area contributed by atoms with Crippen molar-refractivity contribution in [2.24, 2.45) is 0 Å². The quantitative estimate of drug-likeness (QED) is 0.452. The summed E-state index contributed by atoms with van der Waals surface area (Å²) in [4.78, 5) is 27.0. The van der Waals surface area contributed by atoms with E-state index in [4.69, 9.17) is 9.57 Å². The van der Waals surface area contributed by atoms with Crippen molar-refractivity contribution >= 4 is 11.8 Å². The number of methoxy groups -OCH3 is 1. The van der Waals surface area contributed by atoms with Gasteiger partial charge < -0.3 is 4.74 Å². The molecule has 1 heterocycles. The number of rotatable bonds is 5. The van der Waals surface area contributed by atoms with Crippen LogP contribution in [0.15, 0.2) is 0 Å². The number of hydroxylamine groups is 2. The molecule has 1 fully saturated rings. The minimum Gasteiger partial charge on any atom is -0.385 e. The van der Waals surface area contributed by atoms with Crippen LogP contribution in [-0.4, -0.2) is 37.2 Å². The van der Waals surface area contributed by atoms with E-state index in [0.717, 1.165) is 5.06 Å². The first-order chi connectivity index (χ1) is 6.25. The van der Waals surface area contributed by atoms with E-state index < -0.39 is 0 Å². The number of carbonyl (C=O) groups excluding carboxylic acids is 2. The van der Waals surface area contributed by atoms with Crippen molar-refractivity contribution in [3.63, 3.8) is 0 Å². The third kappa shape index (κ3) is 2.78. The highest BCUT2D eigenvalue weighted by atomic mass is 16.7. The van der Waals surface area contributed by atoms with E-state index in [1.54, 1.807) is 7.11 Å². The molecule has 1 saturated heterocycles. The van der Waals surface area contributed by atoms with E-state index in [-0.39, 0.29) is 24.7 Å². The average molecular weight is 187 g/mol. The summed E-state index contributed by atoms with van der Waals surface area (Å²) in [5.74, 6) is -0.496. The van der Waals surface area contributed by atoms with Crippen LogP contribution in [0.25, 0.3) is 0 Å². The van der Waals surface area contributed by atoms with Crippen molar-refractivity contribution in [2.45, 2.75) is 19.3 Å². The molecule has 0 spiro atoms. The molecule has 1 aliphatic heterocycles. The molecule has 0 aromatic heterocycles. The van der Waals surface area contributed by atoms with Crippen LogP contribution in [0.1, 0.15) is 19.3 Å². The summed E-state index contributed by atoms with van der Waals surface area (Å²) in [6, 6.07) is 0. The van der Waals surface area contributed by atoms with E-state index in [1.807, 2.05) is 0 Å². The number of amides is 2. The lowest BCUT2D eigenvalue weighted by atomic mass is 10.4. The van der Waals surface area contributed by atoms with Crippen molar-refractivity contribution < 1.29 is 19.2 Å². The molecule has 0 aliphatic carbocycles. The Morgan fingerprint density at radius 3 is 2.38 bits per heavy atom. The zero-order valence-electron chi connectivity index (χ0n) is 7.62. The van der Waals surface area contributed by atoms with Crippen LogP contribution in [0.4, 0.5) is 0 Å². The molecule has 5 heteroatoms. The summed E-state index contributed by atoms with van der Waals surface area (Å²) >= 11 is 0. The van der Waals surface area contributed by atoms with Crippen molar-refractivity contribution in [1.29, 1.82) is 0 Å². The van der Waals surface area contributed by atoms with Crippen LogP contribution in [0.2, 0.25) is 0 Å². The van der Waals surface area contributed by atoms with Crippen LogP contribution in [0.5, 0.6) is 0 Å². The molecule has 13 heavy (non-hydrogen) atoms. The van der Waals surface area contributed by atoms with Crippen molar-refractivity contribution in [2.75, 3.05) is 20.3 Å². The maximum absolute atomic E-state index is 11.0.